The molecule has 0 aromatic heterocycles. The van der Waals surface area contributed by atoms with Gasteiger partial charge in [-0.2, -0.15) is 0 Å². The average molecular weight is 476 g/mol. The number of nitrogens with one attached hydrogen (secondary N) is 2. The van der Waals surface area contributed by atoms with Gasteiger partial charge in [0.15, 0.2) is 11.5 Å². The van der Waals surface area contributed by atoms with E-state index < -0.39 is 47.0 Å². The summed E-state index contributed by atoms with van der Waals surface area (Å²) in [6.45, 7) is 2.11. The molecule has 0 radical (unpaired) electrons. The lowest BCUT2D eigenvalue weighted by Crippen LogP contribution is -2.53. The van der Waals surface area contributed by atoms with Gasteiger partial charge < -0.3 is 20.5 Å². The van der Waals surface area contributed by atoms with Gasteiger partial charge in [-0.25, -0.2) is 0 Å². The molecule has 10 heteroatoms. The van der Waals surface area contributed by atoms with Crippen LogP contribution in [0, 0.1) is 11.8 Å². The highest BCUT2D eigenvalue weighted by atomic mass is 16.7. The maximum absolute atomic E-state index is 13.9. The molecule has 2 fully saturated rings. The zero-order valence-corrected chi connectivity index (χ0v) is 19.0. The Morgan fingerprint density at radius 2 is 1.94 bits per heavy atom. The predicted octanol–water partition coefficient (Wildman–Crippen LogP) is 0.774. The van der Waals surface area contributed by atoms with Gasteiger partial charge in [-0.05, 0) is 29.7 Å². The third kappa shape index (κ3) is 2.92. The van der Waals surface area contributed by atoms with Gasteiger partial charge in [0, 0.05) is 23.7 Å². The fourth-order valence-corrected chi connectivity index (χ4v) is 6.01. The molecule has 0 bridgehead atoms. The van der Waals surface area contributed by atoms with E-state index in [1.54, 1.807) is 24.3 Å². The number of likely N-dealkylation sites (tertiary alicyclic amines) is 1. The Labute approximate surface area is 200 Å². The van der Waals surface area contributed by atoms with Gasteiger partial charge in [-0.3, -0.25) is 29.4 Å². The third-order valence-electron chi connectivity index (χ3n) is 7.51. The Balaban J connectivity index is 1.42. The van der Waals surface area contributed by atoms with Crippen LogP contribution in [0.25, 0.3) is 0 Å². The molecule has 2 saturated heterocycles. The summed E-state index contributed by atoms with van der Waals surface area (Å²) < 4.78 is 10.8. The standard InChI is InChI=1S/C25H24N4O6/c1-2-13-4-3-5-14-21(13)27-24(33)25(14)20-19(15(28-25)9-18(26)30)22(31)29(23(20)32)10-12-6-7-16-17(8-12)35-11-34-16/h3-8,15,19-20,28H,2,9-11H2,1H3,(H2,26,30)(H,27,33)/t15?,19-,20+,25?/m1/s1. The lowest BCUT2D eigenvalue weighted by Gasteiger charge is -2.29. The minimum atomic E-state index is -1.46. The number of primary amides is 1. The second kappa shape index (κ2) is 7.54. The molecule has 0 aliphatic carbocycles. The van der Waals surface area contributed by atoms with Gasteiger partial charge >= 0.3 is 0 Å². The summed E-state index contributed by atoms with van der Waals surface area (Å²) in [5.41, 5.74) is 6.93. The Morgan fingerprint density at radius 3 is 2.71 bits per heavy atom. The first-order valence-corrected chi connectivity index (χ1v) is 11.6. The van der Waals surface area contributed by atoms with E-state index >= 15 is 0 Å². The first-order valence-electron chi connectivity index (χ1n) is 11.6. The van der Waals surface area contributed by atoms with Crippen LogP contribution in [-0.2, 0) is 37.7 Å². The van der Waals surface area contributed by atoms with Gasteiger partial charge in [0.2, 0.25) is 30.4 Å². The number of anilines is 1. The Kier molecular flexibility index (Phi) is 4.65. The largest absolute Gasteiger partial charge is 0.454 e. The first-order chi connectivity index (χ1) is 16.8. The van der Waals surface area contributed by atoms with Gasteiger partial charge in [0.05, 0.1) is 18.4 Å². The lowest BCUT2D eigenvalue weighted by molar-refractivity contribution is -0.143. The van der Waals surface area contributed by atoms with Crippen molar-refractivity contribution in [3.8, 4) is 11.5 Å². The molecule has 4 aliphatic heterocycles. The zero-order valence-electron chi connectivity index (χ0n) is 19.0. The van der Waals surface area contributed by atoms with Crippen LogP contribution in [0.4, 0.5) is 5.69 Å². The smallest absolute Gasteiger partial charge is 0.250 e. The van der Waals surface area contributed by atoms with E-state index in [0.29, 0.717) is 34.7 Å². The first kappa shape index (κ1) is 21.6. The summed E-state index contributed by atoms with van der Waals surface area (Å²) in [6, 6.07) is 10.0. The van der Waals surface area contributed by atoms with Crippen molar-refractivity contribution >= 4 is 29.3 Å². The number of aryl methyl sites for hydroxylation is 1. The molecule has 2 aromatic carbocycles. The minimum absolute atomic E-state index is 0.0180. The van der Waals surface area contributed by atoms with Crippen LogP contribution in [0.2, 0.25) is 0 Å². The summed E-state index contributed by atoms with van der Waals surface area (Å²) in [6.07, 6.45) is 0.511. The van der Waals surface area contributed by atoms with E-state index in [9.17, 15) is 19.2 Å². The van der Waals surface area contributed by atoms with Crippen molar-refractivity contribution < 1.29 is 28.7 Å². The molecule has 35 heavy (non-hydrogen) atoms. The number of hydrogen-bond donors (Lipinski definition) is 3. The fourth-order valence-electron chi connectivity index (χ4n) is 6.01. The number of para-hydroxylation sites is 1. The number of carbonyl (C=O) groups excluding carboxylic acids is 4. The molecule has 1 spiro atoms. The molecular formula is C25H24N4O6. The van der Waals surface area contributed by atoms with Crippen LogP contribution < -0.4 is 25.8 Å². The van der Waals surface area contributed by atoms with Crippen molar-refractivity contribution in [3.05, 3.63) is 53.1 Å². The Hall–Kier alpha value is -3.92. The van der Waals surface area contributed by atoms with Crippen molar-refractivity contribution in [1.29, 1.82) is 0 Å². The third-order valence-corrected chi connectivity index (χ3v) is 7.51. The molecule has 0 saturated carbocycles. The van der Waals surface area contributed by atoms with Crippen LogP contribution in [0.1, 0.15) is 30.0 Å². The topological polar surface area (TPSA) is 140 Å². The normalized spacial score (nSPS) is 28.0. The van der Waals surface area contributed by atoms with Crippen LogP contribution in [0.5, 0.6) is 11.5 Å². The monoisotopic (exact) mass is 476 g/mol. The van der Waals surface area contributed by atoms with Crippen molar-refractivity contribution in [2.75, 3.05) is 12.1 Å². The molecule has 2 aromatic rings. The van der Waals surface area contributed by atoms with Crippen LogP contribution in [0.15, 0.2) is 36.4 Å². The summed E-state index contributed by atoms with van der Waals surface area (Å²) >= 11 is 0. The van der Waals surface area contributed by atoms with E-state index in [1.807, 2.05) is 19.1 Å². The molecule has 2 unspecified atom stereocenters. The highest BCUT2D eigenvalue weighted by Crippen LogP contribution is 2.54. The molecule has 10 nitrogen and oxygen atoms in total. The minimum Gasteiger partial charge on any atom is -0.454 e. The number of ether oxygens (including phenoxy) is 2. The molecule has 6 rings (SSSR count). The summed E-state index contributed by atoms with van der Waals surface area (Å²) in [5, 5.41) is 6.15. The molecule has 4 heterocycles. The predicted molar refractivity (Wildman–Crippen MR) is 122 cm³/mol. The van der Waals surface area contributed by atoms with Crippen LogP contribution >= 0.6 is 0 Å². The average Bonchev–Trinajstić information content (AvgIpc) is 3.55. The van der Waals surface area contributed by atoms with E-state index in [1.165, 1.54) is 4.90 Å². The number of carbonyl (C=O) groups is 4. The number of imide groups is 1. The maximum atomic E-state index is 13.9. The number of nitrogens with zero attached hydrogens (tertiary/aromatic N) is 1. The quantitative estimate of drug-likeness (QED) is 0.542. The summed E-state index contributed by atoms with van der Waals surface area (Å²) in [5.74, 6) is -2.66. The fraction of sp³-hybridized carbons (Fsp3) is 0.360. The van der Waals surface area contributed by atoms with E-state index in [0.717, 1.165) is 5.56 Å². The van der Waals surface area contributed by atoms with Gasteiger partial charge in [0.1, 0.15) is 5.54 Å². The number of nitrogens with two attached hydrogens (primary N) is 1. The SMILES string of the molecule is CCc1cccc2c1NC(=O)C21NC(CC(N)=O)[C@H]2C(=O)N(Cc3ccc4c(c3)OCO4)C(=O)[C@H]21. The molecule has 4 aliphatic rings. The van der Waals surface area contributed by atoms with Crippen LogP contribution in [-0.4, -0.2) is 41.4 Å². The highest BCUT2D eigenvalue weighted by molar-refractivity contribution is 6.15. The van der Waals surface area contributed by atoms with E-state index in [2.05, 4.69) is 10.6 Å². The number of fused-ring (bicyclic) bond motifs is 5. The number of hydrogen-bond acceptors (Lipinski definition) is 7. The van der Waals surface area contributed by atoms with Gasteiger partial charge in [-0.1, -0.05) is 31.2 Å². The second-order valence-corrected chi connectivity index (χ2v) is 9.33. The molecule has 4 atom stereocenters. The van der Waals surface area contributed by atoms with Crippen LogP contribution in [0.3, 0.4) is 0 Å². The molecule has 4 N–H and O–H groups in total. The van der Waals surface area contributed by atoms with E-state index in [4.69, 9.17) is 15.2 Å². The Bertz CT molecular complexity index is 1310. The number of rotatable bonds is 5. The van der Waals surface area contributed by atoms with E-state index in [-0.39, 0.29) is 19.8 Å². The lowest BCUT2D eigenvalue weighted by atomic mass is 9.76. The highest BCUT2D eigenvalue weighted by Gasteiger charge is 2.70. The van der Waals surface area contributed by atoms with Gasteiger partial charge in [-0.15, -0.1) is 0 Å². The zero-order chi connectivity index (χ0) is 24.5. The second-order valence-electron chi connectivity index (χ2n) is 9.33. The van der Waals surface area contributed by atoms with Crippen molar-refractivity contribution in [1.82, 2.24) is 10.2 Å². The van der Waals surface area contributed by atoms with Crippen molar-refractivity contribution in [2.24, 2.45) is 17.6 Å². The molecule has 180 valence electrons. The van der Waals surface area contributed by atoms with Crippen molar-refractivity contribution in [2.45, 2.75) is 37.9 Å². The molecular weight excluding hydrogens is 452 g/mol. The summed E-state index contributed by atoms with van der Waals surface area (Å²) in [7, 11) is 0. The van der Waals surface area contributed by atoms with Crippen molar-refractivity contribution in [3.63, 3.8) is 0 Å². The Morgan fingerprint density at radius 1 is 1.14 bits per heavy atom. The number of benzene rings is 2. The number of amides is 4. The molecule has 4 amide bonds. The summed E-state index contributed by atoms with van der Waals surface area (Å²) in [4.78, 5) is 54.1. The maximum Gasteiger partial charge on any atom is 0.250 e. The van der Waals surface area contributed by atoms with Gasteiger partial charge in [0.25, 0.3) is 0 Å².